The van der Waals surface area contributed by atoms with Gasteiger partial charge in [0.15, 0.2) is 6.10 Å². The third kappa shape index (κ3) is 74.4. The maximum atomic E-state index is 12.9. The van der Waals surface area contributed by atoms with Crippen molar-refractivity contribution < 1.29 is 75.8 Å². The SMILES string of the molecule is CC/C=C\C/C=C\C/C=C\C/C=C\C/C=C\CCCC(=O)OC(COC(=O)CCCCCCCC/C=C\C/C=C\C/C=C\CCCCC)COP(=O)(O)OCC(O)COP(=O)(O)OCC(O)COC(=O)CCCCCCCCCCCCC/C=C\C/C=C\C/C=C\C/C=C\CCCCC. The van der Waals surface area contributed by atoms with Crippen molar-refractivity contribution in [2.45, 2.75) is 309 Å². The normalized spacial score (nSPS) is 14.9. The molecule has 5 unspecified atom stereocenters. The number of allylic oxidation sites excluding steroid dienone is 24. The van der Waals surface area contributed by atoms with Gasteiger partial charge in [0.1, 0.15) is 25.4 Å². The van der Waals surface area contributed by atoms with Crippen LogP contribution in [0.3, 0.4) is 0 Å². The van der Waals surface area contributed by atoms with Gasteiger partial charge in [-0.1, -0.05) is 276 Å². The smallest absolute Gasteiger partial charge is 0.463 e. The monoisotopic (exact) mass is 1430 g/mol. The van der Waals surface area contributed by atoms with E-state index in [1.807, 2.05) is 12.2 Å². The van der Waals surface area contributed by atoms with E-state index < -0.39 is 91.5 Å². The van der Waals surface area contributed by atoms with Gasteiger partial charge in [-0.3, -0.25) is 32.5 Å². The Morgan fingerprint density at radius 3 is 0.879 bits per heavy atom. The van der Waals surface area contributed by atoms with E-state index in [4.69, 9.17) is 32.3 Å². The second kappa shape index (κ2) is 73.2. The lowest BCUT2D eigenvalue weighted by atomic mass is 10.0. The highest BCUT2D eigenvalue weighted by Crippen LogP contribution is 2.45. The summed E-state index contributed by atoms with van der Waals surface area (Å²) in [5, 5.41) is 20.6. The first-order valence-electron chi connectivity index (χ1n) is 38.1. The van der Waals surface area contributed by atoms with E-state index in [9.17, 15) is 43.5 Å². The van der Waals surface area contributed by atoms with Gasteiger partial charge in [0, 0.05) is 19.3 Å². The standard InChI is InChI=1S/C81H136O16P2/c1-4-7-10-13-16-19-22-25-28-31-33-34-35-36-37-38-39-40-42-45-46-49-52-55-58-61-64-67-79(84)91-70-76(82)71-93-98(87,88)94-72-77(83)73-95-99(89,90)96-75-78(97-81(86)69-66-63-60-57-54-51-48-43-30-27-24-21-18-15-12-9-6-3)74-92-80(85)68-65-62-59-56-53-50-47-44-41-32-29-26-23-20-17-14-11-8-5-2/h9,12,16-21,25-30,33-34,36-37,41,44,48,51,57,60,76-78,82-83H,4-8,10-11,13-15,22-24,31-32,35,38-40,42-43,45-47,49-50,52-56,58-59,61-75H2,1-3H3,(H,87,88)(H,89,90)/b12-9-,19-16-,20-17-,21-18-,28-25-,29-26-,30-27-,34-33-,37-36-,44-41-,51-48-,60-57-. The van der Waals surface area contributed by atoms with E-state index in [0.717, 1.165) is 135 Å². The number of hydrogen-bond acceptors (Lipinski definition) is 14. The van der Waals surface area contributed by atoms with E-state index >= 15 is 0 Å². The van der Waals surface area contributed by atoms with Crippen LogP contribution in [0.2, 0.25) is 0 Å². The first kappa shape index (κ1) is 94.4. The van der Waals surface area contributed by atoms with Crippen molar-refractivity contribution in [1.82, 2.24) is 0 Å². The fourth-order valence-electron chi connectivity index (χ4n) is 9.71. The fourth-order valence-corrected chi connectivity index (χ4v) is 11.3. The van der Waals surface area contributed by atoms with Crippen molar-refractivity contribution in [2.24, 2.45) is 0 Å². The summed E-state index contributed by atoms with van der Waals surface area (Å²) in [6, 6.07) is 0. The molecule has 16 nitrogen and oxygen atoms in total. The molecule has 0 aliphatic carbocycles. The largest absolute Gasteiger partial charge is 0.472 e. The van der Waals surface area contributed by atoms with Crippen LogP contribution in [0.25, 0.3) is 0 Å². The van der Waals surface area contributed by atoms with E-state index in [2.05, 4.69) is 154 Å². The lowest BCUT2D eigenvalue weighted by molar-refractivity contribution is -0.161. The zero-order valence-electron chi connectivity index (χ0n) is 61.6. The number of carbonyl (C=O) groups is 3. The number of ether oxygens (including phenoxy) is 3. The molecule has 0 rings (SSSR count). The van der Waals surface area contributed by atoms with Gasteiger partial charge in [0.05, 0.1) is 26.4 Å². The molecule has 0 radical (unpaired) electrons. The lowest BCUT2D eigenvalue weighted by Gasteiger charge is -2.21. The topological polar surface area (TPSA) is 231 Å². The van der Waals surface area contributed by atoms with Crippen LogP contribution in [0.1, 0.15) is 290 Å². The first-order valence-corrected chi connectivity index (χ1v) is 41.1. The first-order chi connectivity index (χ1) is 48.2. The minimum atomic E-state index is -4.95. The van der Waals surface area contributed by atoms with Crippen LogP contribution in [0.15, 0.2) is 146 Å². The molecule has 0 aliphatic heterocycles. The Morgan fingerprint density at radius 2 is 0.545 bits per heavy atom. The Kier molecular flexibility index (Phi) is 69.8. The maximum absolute atomic E-state index is 12.9. The molecular formula is C81H136O16P2. The molecule has 5 atom stereocenters. The quantitative estimate of drug-likeness (QED) is 0.0146. The van der Waals surface area contributed by atoms with Gasteiger partial charge in [0.25, 0.3) is 0 Å². The molecule has 0 aromatic carbocycles. The van der Waals surface area contributed by atoms with E-state index in [0.29, 0.717) is 25.7 Å². The summed E-state index contributed by atoms with van der Waals surface area (Å²) in [7, 11) is -9.82. The van der Waals surface area contributed by atoms with Crippen molar-refractivity contribution in [3.05, 3.63) is 146 Å². The Morgan fingerprint density at radius 1 is 0.293 bits per heavy atom. The van der Waals surface area contributed by atoms with Crippen LogP contribution in [0, 0.1) is 0 Å². The predicted octanol–water partition coefficient (Wildman–Crippen LogP) is 22.1. The van der Waals surface area contributed by atoms with Crippen molar-refractivity contribution in [3.63, 3.8) is 0 Å². The second-order valence-electron chi connectivity index (χ2n) is 25.1. The number of rotatable bonds is 71. The molecule has 0 aromatic heterocycles. The van der Waals surface area contributed by atoms with Gasteiger partial charge < -0.3 is 34.2 Å². The van der Waals surface area contributed by atoms with Gasteiger partial charge in [-0.25, -0.2) is 9.13 Å². The van der Waals surface area contributed by atoms with E-state index in [-0.39, 0.29) is 19.3 Å². The molecule has 566 valence electrons. The lowest BCUT2D eigenvalue weighted by Crippen LogP contribution is -2.30. The van der Waals surface area contributed by atoms with E-state index in [1.54, 1.807) is 0 Å². The maximum Gasteiger partial charge on any atom is 0.472 e. The fraction of sp³-hybridized carbons (Fsp3) is 0.667. The Labute approximate surface area is 600 Å². The van der Waals surface area contributed by atoms with Crippen LogP contribution in [-0.2, 0) is 55.8 Å². The van der Waals surface area contributed by atoms with Crippen LogP contribution in [0.4, 0.5) is 0 Å². The highest BCUT2D eigenvalue weighted by molar-refractivity contribution is 7.47. The Balaban J connectivity index is 4.64. The summed E-state index contributed by atoms with van der Waals surface area (Å²) < 4.78 is 61.0. The van der Waals surface area contributed by atoms with Gasteiger partial charge in [-0.05, 0) is 141 Å². The minimum Gasteiger partial charge on any atom is -0.463 e. The average Bonchev–Trinajstić information content (AvgIpc) is 2.17. The number of esters is 3. The number of phosphoric ester groups is 2. The molecule has 99 heavy (non-hydrogen) atoms. The number of phosphoric acid groups is 2. The Hall–Kier alpha value is -4.57. The zero-order chi connectivity index (χ0) is 72.3. The van der Waals surface area contributed by atoms with Crippen molar-refractivity contribution >= 4 is 33.6 Å². The van der Waals surface area contributed by atoms with E-state index in [1.165, 1.54) is 89.9 Å². The van der Waals surface area contributed by atoms with Crippen molar-refractivity contribution in [1.29, 1.82) is 0 Å². The molecular weight excluding hydrogens is 1290 g/mol. The molecule has 0 aromatic rings. The molecule has 0 saturated carbocycles. The van der Waals surface area contributed by atoms with Gasteiger partial charge >= 0.3 is 33.6 Å². The van der Waals surface area contributed by atoms with Crippen molar-refractivity contribution in [3.8, 4) is 0 Å². The molecule has 18 heteroatoms. The molecule has 0 saturated heterocycles. The highest BCUT2D eigenvalue weighted by Gasteiger charge is 2.29. The summed E-state index contributed by atoms with van der Waals surface area (Å²) in [4.78, 5) is 58.6. The van der Waals surface area contributed by atoms with Gasteiger partial charge in [0.2, 0.25) is 0 Å². The van der Waals surface area contributed by atoms with Gasteiger partial charge in [-0.15, -0.1) is 0 Å². The summed E-state index contributed by atoms with van der Waals surface area (Å²) in [5.74, 6) is -1.67. The molecule has 0 spiro atoms. The zero-order valence-corrected chi connectivity index (χ0v) is 63.4. The second-order valence-corrected chi connectivity index (χ2v) is 28.0. The molecule has 0 bridgehead atoms. The summed E-state index contributed by atoms with van der Waals surface area (Å²) in [6.45, 7) is 2.42. The summed E-state index contributed by atoms with van der Waals surface area (Å²) in [5.41, 5.74) is 0. The van der Waals surface area contributed by atoms with Crippen LogP contribution in [-0.4, -0.2) is 95.9 Å². The molecule has 0 aliphatic rings. The van der Waals surface area contributed by atoms with Crippen LogP contribution < -0.4 is 0 Å². The molecule has 0 heterocycles. The molecule has 4 N–H and O–H groups in total. The summed E-state index contributed by atoms with van der Waals surface area (Å²) in [6.07, 6.45) is 89.0. The third-order valence-corrected chi connectivity index (χ3v) is 17.4. The highest BCUT2D eigenvalue weighted by atomic mass is 31.2. The molecule has 0 amide bonds. The number of hydrogen-bond donors (Lipinski definition) is 4. The minimum absolute atomic E-state index is 0.0188. The third-order valence-electron chi connectivity index (χ3n) is 15.5. The number of aliphatic hydroxyl groups is 2. The number of unbranched alkanes of at least 4 members (excludes halogenated alkanes) is 24. The van der Waals surface area contributed by atoms with Crippen LogP contribution >= 0.6 is 15.6 Å². The number of aliphatic hydroxyl groups excluding tert-OH is 2. The van der Waals surface area contributed by atoms with Crippen molar-refractivity contribution in [2.75, 3.05) is 39.6 Å². The Bertz CT molecular complexity index is 2380. The molecule has 0 fully saturated rings. The van der Waals surface area contributed by atoms with Crippen LogP contribution in [0.5, 0.6) is 0 Å². The van der Waals surface area contributed by atoms with Gasteiger partial charge in [-0.2, -0.15) is 0 Å². The predicted molar refractivity (Wildman–Crippen MR) is 408 cm³/mol. The average molecular weight is 1430 g/mol. The summed E-state index contributed by atoms with van der Waals surface area (Å²) >= 11 is 0. The number of carbonyl (C=O) groups excluding carboxylic acids is 3.